The number of hydrogen-bond acceptors (Lipinski definition) is 5. The van der Waals surface area contributed by atoms with Gasteiger partial charge in [-0.2, -0.15) is 0 Å². The smallest absolute Gasteiger partial charge is 0.259 e. The van der Waals surface area contributed by atoms with Gasteiger partial charge in [0.25, 0.3) is 5.91 Å². The van der Waals surface area contributed by atoms with Crippen LogP contribution >= 0.6 is 12.2 Å². The Hall–Kier alpha value is -3.61. The third-order valence-electron chi connectivity index (χ3n) is 6.40. The number of fused-ring (bicyclic) bond motifs is 1. The number of anilines is 2. The number of halogens is 1. The lowest BCUT2D eigenvalue weighted by Crippen LogP contribution is -2.55. The molecule has 2 aliphatic rings. The summed E-state index contributed by atoms with van der Waals surface area (Å²) < 4.78 is 25.3. The van der Waals surface area contributed by atoms with E-state index >= 15 is 0 Å². The van der Waals surface area contributed by atoms with Crippen LogP contribution in [0.4, 0.5) is 21.5 Å². The Bertz CT molecular complexity index is 1350. The Kier molecular flexibility index (Phi) is 5.63. The average molecular weight is 477 g/mol. The minimum atomic E-state index is -0.852. The summed E-state index contributed by atoms with van der Waals surface area (Å²) >= 11 is 5.82. The summed E-state index contributed by atoms with van der Waals surface area (Å²) in [5.74, 6) is -0.568. The van der Waals surface area contributed by atoms with Crippen molar-refractivity contribution >= 4 is 51.2 Å². The first-order chi connectivity index (χ1) is 16.5. The van der Waals surface area contributed by atoms with E-state index in [4.69, 9.17) is 28.3 Å². The molecule has 1 saturated heterocycles. The highest BCUT2D eigenvalue weighted by Gasteiger charge is 2.59. The Morgan fingerprint density at radius 2 is 2.06 bits per heavy atom. The van der Waals surface area contributed by atoms with Crippen LogP contribution < -0.4 is 14.5 Å². The van der Waals surface area contributed by atoms with Crippen LogP contribution in [0.25, 0.3) is 15.7 Å². The van der Waals surface area contributed by atoms with Crippen molar-refractivity contribution in [3.63, 3.8) is 0 Å². The molecule has 0 unspecified atom stereocenters. The molecule has 1 amide bonds. The van der Waals surface area contributed by atoms with E-state index < -0.39 is 11.4 Å². The van der Waals surface area contributed by atoms with Gasteiger partial charge in [-0.05, 0) is 55.7 Å². The van der Waals surface area contributed by atoms with Crippen LogP contribution in [0.15, 0.2) is 48.7 Å². The molecule has 7 nitrogen and oxygen atoms in total. The van der Waals surface area contributed by atoms with Crippen molar-refractivity contribution < 1.29 is 18.7 Å². The van der Waals surface area contributed by atoms with Crippen molar-refractivity contribution in [2.45, 2.75) is 24.8 Å². The quantitative estimate of drug-likeness (QED) is 0.283. The number of amides is 1. The van der Waals surface area contributed by atoms with Crippen LogP contribution in [0.2, 0.25) is 0 Å². The number of thiocarbonyl (C=S) groups is 1. The van der Waals surface area contributed by atoms with E-state index in [9.17, 15) is 9.18 Å². The number of carbonyl (C=O) groups excluding carboxylic acids is 1. The van der Waals surface area contributed by atoms with Gasteiger partial charge in [0.2, 0.25) is 5.69 Å². The van der Waals surface area contributed by atoms with Gasteiger partial charge in [0.05, 0.1) is 24.4 Å². The summed E-state index contributed by atoms with van der Waals surface area (Å²) in [7, 11) is 1.55. The number of ether oxygens (including phenoxy) is 2. The highest BCUT2D eigenvalue weighted by molar-refractivity contribution is 7.81. The summed E-state index contributed by atoms with van der Waals surface area (Å²) in [6.45, 7) is 8.01. The highest BCUT2D eigenvalue weighted by atomic mass is 32.1. The van der Waals surface area contributed by atoms with Crippen molar-refractivity contribution in [2.24, 2.45) is 0 Å². The number of rotatable bonds is 6. The lowest BCUT2D eigenvalue weighted by molar-refractivity contribution is -0.123. The van der Waals surface area contributed by atoms with Crippen molar-refractivity contribution in [3.05, 3.63) is 65.9 Å². The molecule has 2 fully saturated rings. The summed E-state index contributed by atoms with van der Waals surface area (Å²) in [4.78, 5) is 25.0. The van der Waals surface area contributed by atoms with Gasteiger partial charge in [0, 0.05) is 30.4 Å². The molecule has 1 aromatic heterocycles. The number of hydrogen-bond donors (Lipinski definition) is 0. The number of carbonyl (C=O) groups is 1. The fourth-order valence-corrected chi connectivity index (χ4v) is 5.06. The highest BCUT2D eigenvalue weighted by Crippen LogP contribution is 2.49. The molecule has 1 aliphatic carbocycles. The van der Waals surface area contributed by atoms with Gasteiger partial charge < -0.3 is 14.4 Å². The van der Waals surface area contributed by atoms with Gasteiger partial charge in [-0.3, -0.25) is 14.7 Å². The van der Waals surface area contributed by atoms with Crippen LogP contribution in [0.1, 0.15) is 19.3 Å². The SMILES string of the molecule is [C-]#[N+]c1ccc(N2C(=O)C3(CCC3)N(c3ccc(OCCOC)c(F)c3)C2=S)c2cccnc12. The predicted octanol–water partition coefficient (Wildman–Crippen LogP) is 5.01. The average Bonchev–Trinajstić information content (AvgIpc) is 3.06. The molecule has 2 aromatic carbocycles. The maximum atomic E-state index is 14.9. The van der Waals surface area contributed by atoms with Crippen LogP contribution in [-0.4, -0.2) is 41.9 Å². The molecule has 2 heterocycles. The Morgan fingerprint density at radius 1 is 1.24 bits per heavy atom. The van der Waals surface area contributed by atoms with E-state index in [1.807, 2.05) is 6.07 Å². The van der Waals surface area contributed by atoms with Crippen molar-refractivity contribution in [1.29, 1.82) is 0 Å². The van der Waals surface area contributed by atoms with Crippen LogP contribution in [0.3, 0.4) is 0 Å². The van der Waals surface area contributed by atoms with Gasteiger partial charge in [0.15, 0.2) is 16.7 Å². The molecule has 1 spiro atoms. The monoisotopic (exact) mass is 476 g/mol. The number of pyridine rings is 1. The molecular formula is C25H21FN4O3S. The molecular weight excluding hydrogens is 455 g/mol. The number of nitrogens with zero attached hydrogens (tertiary/aromatic N) is 4. The molecule has 0 radical (unpaired) electrons. The fourth-order valence-electron chi connectivity index (χ4n) is 4.60. The second-order valence-electron chi connectivity index (χ2n) is 8.21. The van der Waals surface area contributed by atoms with Gasteiger partial charge >= 0.3 is 0 Å². The lowest BCUT2D eigenvalue weighted by Gasteiger charge is -2.43. The van der Waals surface area contributed by atoms with Gasteiger partial charge in [-0.25, -0.2) is 9.24 Å². The van der Waals surface area contributed by atoms with Crippen molar-refractivity contribution in [3.8, 4) is 5.75 Å². The largest absolute Gasteiger partial charge is 0.488 e. The van der Waals surface area contributed by atoms with Gasteiger partial charge in [-0.15, -0.1) is 0 Å². The number of methoxy groups -OCH3 is 1. The summed E-state index contributed by atoms with van der Waals surface area (Å²) in [5.41, 5.74) is 1.12. The van der Waals surface area contributed by atoms with Crippen LogP contribution in [0, 0.1) is 12.4 Å². The Morgan fingerprint density at radius 3 is 2.74 bits per heavy atom. The number of aromatic nitrogens is 1. The molecule has 0 bridgehead atoms. The minimum Gasteiger partial charge on any atom is -0.488 e. The first-order valence-electron chi connectivity index (χ1n) is 10.9. The Labute approximate surface area is 201 Å². The van der Waals surface area contributed by atoms with Crippen LogP contribution in [-0.2, 0) is 9.53 Å². The molecule has 9 heteroatoms. The van der Waals surface area contributed by atoms with Gasteiger partial charge in [0.1, 0.15) is 12.1 Å². The molecule has 5 rings (SSSR count). The predicted molar refractivity (Wildman–Crippen MR) is 131 cm³/mol. The molecule has 172 valence electrons. The standard InChI is InChI=1S/C25H21FN4O3S/c1-27-19-7-8-20(17-5-3-12-28-22(17)19)29-23(31)25(10-4-11-25)30(24(29)34)16-6-9-21(18(26)15-16)33-14-13-32-2/h3,5-9,12,15H,4,10-11,13-14H2,2H3. The molecule has 1 saturated carbocycles. The lowest BCUT2D eigenvalue weighted by atomic mass is 9.75. The van der Waals surface area contributed by atoms with Gasteiger partial charge in [-0.1, -0.05) is 12.1 Å². The summed E-state index contributed by atoms with van der Waals surface area (Å²) in [5, 5.41) is 0.939. The fraction of sp³-hybridized carbons (Fsp3) is 0.280. The zero-order valence-corrected chi connectivity index (χ0v) is 19.3. The van der Waals surface area contributed by atoms with E-state index in [0.717, 1.165) is 6.42 Å². The zero-order valence-electron chi connectivity index (χ0n) is 18.5. The maximum absolute atomic E-state index is 14.9. The third kappa shape index (κ3) is 3.30. The summed E-state index contributed by atoms with van der Waals surface area (Å²) in [6.07, 6.45) is 3.72. The molecule has 0 atom stereocenters. The van der Waals surface area contributed by atoms with Crippen LogP contribution in [0.5, 0.6) is 5.75 Å². The molecule has 0 N–H and O–H groups in total. The maximum Gasteiger partial charge on any atom is 0.259 e. The van der Waals surface area contributed by atoms with E-state index in [1.165, 1.54) is 11.0 Å². The second-order valence-corrected chi connectivity index (χ2v) is 8.58. The van der Waals surface area contributed by atoms with Crippen molar-refractivity contribution in [1.82, 2.24) is 4.98 Å². The van der Waals surface area contributed by atoms with E-state index in [2.05, 4.69) is 9.83 Å². The van der Waals surface area contributed by atoms with E-state index in [-0.39, 0.29) is 23.4 Å². The molecule has 34 heavy (non-hydrogen) atoms. The normalized spacial score (nSPS) is 16.7. The third-order valence-corrected chi connectivity index (χ3v) is 6.76. The van der Waals surface area contributed by atoms with Crippen molar-refractivity contribution in [2.75, 3.05) is 30.1 Å². The summed E-state index contributed by atoms with van der Waals surface area (Å²) in [6, 6.07) is 11.6. The Balaban J connectivity index is 1.57. The first kappa shape index (κ1) is 22.2. The number of benzene rings is 2. The van der Waals surface area contributed by atoms with E-state index in [0.29, 0.717) is 47.4 Å². The first-order valence-corrected chi connectivity index (χ1v) is 11.3. The van der Waals surface area contributed by atoms with E-state index in [1.54, 1.807) is 48.5 Å². The minimum absolute atomic E-state index is 0.114. The second kappa shape index (κ2) is 8.63. The topological polar surface area (TPSA) is 59.3 Å². The molecule has 1 aliphatic heterocycles. The molecule has 3 aromatic rings. The zero-order chi connectivity index (χ0) is 23.9.